The maximum Gasteiger partial charge on any atom is 0.237 e. The molecule has 2 N–H and O–H groups in total. The Morgan fingerprint density at radius 1 is 1.63 bits per heavy atom. The molecule has 3 heterocycles. The second kappa shape index (κ2) is 5.01. The Balaban J connectivity index is 1.68. The number of aromatic nitrogens is 2. The van der Waals surface area contributed by atoms with Crippen molar-refractivity contribution >= 4 is 11.6 Å². The topological polar surface area (TPSA) is 58.4 Å². The van der Waals surface area contributed by atoms with Crippen LogP contribution in [0.3, 0.4) is 0 Å². The standard InChI is InChI=1S/C14H18N4O/c1-10-4-3-7-18-9-11(17-13(10)18)8-16-14(19)12-5-2-6-15-12/h3-4,7,9,12,15H,2,5-6,8H2,1H3,(H,16,19)/t12-/m0/s1. The van der Waals surface area contributed by atoms with Crippen LogP contribution in [0.5, 0.6) is 0 Å². The predicted molar refractivity (Wildman–Crippen MR) is 72.8 cm³/mol. The normalized spacial score (nSPS) is 18.9. The first-order valence-corrected chi connectivity index (χ1v) is 6.68. The lowest BCUT2D eigenvalue weighted by Gasteiger charge is -2.09. The zero-order valence-electron chi connectivity index (χ0n) is 11.0. The van der Waals surface area contributed by atoms with E-state index >= 15 is 0 Å². The lowest BCUT2D eigenvalue weighted by molar-refractivity contribution is -0.122. The number of fused-ring (bicyclic) bond motifs is 1. The molecule has 1 aliphatic heterocycles. The molecule has 0 bridgehead atoms. The Hall–Kier alpha value is -1.88. The van der Waals surface area contributed by atoms with Crippen molar-refractivity contribution in [1.29, 1.82) is 0 Å². The molecule has 0 saturated carbocycles. The van der Waals surface area contributed by atoms with Gasteiger partial charge in [0.1, 0.15) is 5.65 Å². The van der Waals surface area contributed by atoms with Gasteiger partial charge in [0.05, 0.1) is 18.3 Å². The Kier molecular flexibility index (Phi) is 3.21. The zero-order valence-corrected chi connectivity index (χ0v) is 11.0. The maximum atomic E-state index is 11.9. The SMILES string of the molecule is Cc1cccn2cc(CNC(=O)[C@@H]3CCCN3)nc12. The molecule has 1 fully saturated rings. The van der Waals surface area contributed by atoms with E-state index in [0.29, 0.717) is 6.54 Å². The van der Waals surface area contributed by atoms with Crippen LogP contribution in [-0.2, 0) is 11.3 Å². The largest absolute Gasteiger partial charge is 0.349 e. The van der Waals surface area contributed by atoms with E-state index in [1.165, 1.54) is 0 Å². The molecule has 2 aromatic heterocycles. The molecule has 19 heavy (non-hydrogen) atoms. The van der Waals surface area contributed by atoms with Crippen LogP contribution in [0.1, 0.15) is 24.1 Å². The molecule has 0 aromatic carbocycles. The van der Waals surface area contributed by atoms with Gasteiger partial charge in [0.25, 0.3) is 0 Å². The van der Waals surface area contributed by atoms with Gasteiger partial charge in [-0.15, -0.1) is 0 Å². The summed E-state index contributed by atoms with van der Waals surface area (Å²) in [4.78, 5) is 16.4. The van der Waals surface area contributed by atoms with Crippen molar-refractivity contribution in [1.82, 2.24) is 20.0 Å². The number of nitrogens with zero attached hydrogens (tertiary/aromatic N) is 2. The molecule has 1 saturated heterocycles. The van der Waals surface area contributed by atoms with Crippen molar-refractivity contribution < 1.29 is 4.79 Å². The first-order chi connectivity index (χ1) is 9.24. The molecule has 0 radical (unpaired) electrons. The predicted octanol–water partition coefficient (Wildman–Crippen LogP) is 1.01. The van der Waals surface area contributed by atoms with E-state index in [1.807, 2.05) is 35.9 Å². The highest BCUT2D eigenvalue weighted by atomic mass is 16.2. The summed E-state index contributed by atoms with van der Waals surface area (Å²) in [5, 5.41) is 6.13. The van der Waals surface area contributed by atoms with Crippen LogP contribution in [0.25, 0.3) is 5.65 Å². The number of hydrogen-bond donors (Lipinski definition) is 2. The van der Waals surface area contributed by atoms with Gasteiger partial charge in [-0.25, -0.2) is 4.98 Å². The van der Waals surface area contributed by atoms with Gasteiger partial charge >= 0.3 is 0 Å². The average molecular weight is 258 g/mol. The molecule has 0 spiro atoms. The first-order valence-electron chi connectivity index (χ1n) is 6.68. The van der Waals surface area contributed by atoms with E-state index in [1.54, 1.807) is 0 Å². The maximum absolute atomic E-state index is 11.9. The molecule has 0 aliphatic carbocycles. The van der Waals surface area contributed by atoms with Gasteiger partial charge < -0.3 is 15.0 Å². The molecule has 0 unspecified atom stereocenters. The number of carbonyl (C=O) groups excluding carboxylic acids is 1. The molecule has 100 valence electrons. The van der Waals surface area contributed by atoms with Gasteiger partial charge in [0.15, 0.2) is 0 Å². The number of hydrogen-bond acceptors (Lipinski definition) is 3. The second-order valence-electron chi connectivity index (χ2n) is 5.02. The summed E-state index contributed by atoms with van der Waals surface area (Å²) in [6.45, 7) is 3.46. The molecule has 5 heteroatoms. The van der Waals surface area contributed by atoms with E-state index in [0.717, 1.165) is 36.3 Å². The molecule has 1 atom stereocenters. The lowest BCUT2D eigenvalue weighted by Crippen LogP contribution is -2.40. The molecular formula is C14H18N4O. The van der Waals surface area contributed by atoms with Crippen LogP contribution in [0.4, 0.5) is 0 Å². The summed E-state index contributed by atoms with van der Waals surface area (Å²) in [7, 11) is 0. The van der Waals surface area contributed by atoms with Gasteiger partial charge in [-0.2, -0.15) is 0 Å². The highest BCUT2D eigenvalue weighted by Crippen LogP contribution is 2.10. The van der Waals surface area contributed by atoms with Crippen LogP contribution < -0.4 is 10.6 Å². The fraction of sp³-hybridized carbons (Fsp3) is 0.429. The summed E-state index contributed by atoms with van der Waals surface area (Å²) in [6, 6.07) is 4.00. The molecule has 2 aromatic rings. The molecule has 3 rings (SSSR count). The minimum atomic E-state index is -0.0289. The zero-order chi connectivity index (χ0) is 13.2. The number of nitrogens with one attached hydrogen (secondary N) is 2. The van der Waals surface area contributed by atoms with E-state index in [2.05, 4.69) is 15.6 Å². The van der Waals surface area contributed by atoms with E-state index in [4.69, 9.17) is 0 Å². The third-order valence-electron chi connectivity index (χ3n) is 3.55. The minimum absolute atomic E-state index is 0.0289. The van der Waals surface area contributed by atoms with Crippen molar-refractivity contribution in [3.8, 4) is 0 Å². The van der Waals surface area contributed by atoms with Crippen molar-refractivity contribution in [2.45, 2.75) is 32.4 Å². The highest BCUT2D eigenvalue weighted by molar-refractivity contribution is 5.81. The second-order valence-corrected chi connectivity index (χ2v) is 5.02. The summed E-state index contributed by atoms with van der Waals surface area (Å²) < 4.78 is 1.99. The highest BCUT2D eigenvalue weighted by Gasteiger charge is 2.21. The molecule has 1 aliphatic rings. The smallest absolute Gasteiger partial charge is 0.237 e. The Morgan fingerprint density at radius 3 is 3.26 bits per heavy atom. The van der Waals surface area contributed by atoms with E-state index in [9.17, 15) is 4.79 Å². The van der Waals surface area contributed by atoms with Gasteiger partial charge in [0, 0.05) is 12.4 Å². The van der Waals surface area contributed by atoms with Crippen molar-refractivity contribution in [3.05, 3.63) is 35.8 Å². The summed E-state index contributed by atoms with van der Waals surface area (Å²) in [5.41, 5.74) is 2.98. The van der Waals surface area contributed by atoms with Crippen molar-refractivity contribution in [3.63, 3.8) is 0 Å². The Labute approximate surface area is 112 Å². The van der Waals surface area contributed by atoms with Crippen LogP contribution >= 0.6 is 0 Å². The first kappa shape index (κ1) is 12.2. The number of imidazole rings is 1. The average Bonchev–Trinajstić information content (AvgIpc) is 3.05. The van der Waals surface area contributed by atoms with Crippen LogP contribution in [0, 0.1) is 6.92 Å². The number of aryl methyl sites for hydroxylation is 1. The quantitative estimate of drug-likeness (QED) is 0.864. The van der Waals surface area contributed by atoms with Gasteiger partial charge in [-0.3, -0.25) is 4.79 Å². The molecule has 5 nitrogen and oxygen atoms in total. The van der Waals surface area contributed by atoms with Crippen LogP contribution in [0.2, 0.25) is 0 Å². The van der Waals surface area contributed by atoms with Crippen molar-refractivity contribution in [2.24, 2.45) is 0 Å². The third kappa shape index (κ3) is 2.46. The summed E-state index contributed by atoms with van der Waals surface area (Å²) >= 11 is 0. The van der Waals surface area contributed by atoms with Gasteiger partial charge in [-0.1, -0.05) is 6.07 Å². The Bertz CT molecular complexity index is 599. The summed E-state index contributed by atoms with van der Waals surface area (Å²) in [6.07, 6.45) is 5.94. The summed E-state index contributed by atoms with van der Waals surface area (Å²) in [5.74, 6) is 0.0753. The lowest BCUT2D eigenvalue weighted by atomic mass is 10.2. The number of rotatable bonds is 3. The number of amides is 1. The number of pyridine rings is 1. The minimum Gasteiger partial charge on any atom is -0.349 e. The van der Waals surface area contributed by atoms with Crippen molar-refractivity contribution in [2.75, 3.05) is 6.54 Å². The monoisotopic (exact) mass is 258 g/mol. The molecule has 1 amide bonds. The van der Waals surface area contributed by atoms with E-state index < -0.39 is 0 Å². The fourth-order valence-electron chi connectivity index (χ4n) is 2.50. The third-order valence-corrected chi connectivity index (χ3v) is 3.55. The fourth-order valence-corrected chi connectivity index (χ4v) is 2.50. The Morgan fingerprint density at radius 2 is 2.53 bits per heavy atom. The van der Waals surface area contributed by atoms with Gasteiger partial charge in [0.2, 0.25) is 5.91 Å². The molecular weight excluding hydrogens is 240 g/mol. The van der Waals surface area contributed by atoms with Gasteiger partial charge in [-0.05, 0) is 37.9 Å². The van der Waals surface area contributed by atoms with Crippen LogP contribution in [-0.4, -0.2) is 27.9 Å². The van der Waals surface area contributed by atoms with Crippen LogP contribution in [0.15, 0.2) is 24.5 Å². The van der Waals surface area contributed by atoms with E-state index in [-0.39, 0.29) is 11.9 Å². The number of carbonyl (C=O) groups is 1.